The monoisotopic (exact) mass is 311 g/mol. The lowest BCUT2D eigenvalue weighted by Crippen LogP contribution is -2.64. The van der Waals surface area contributed by atoms with E-state index in [-0.39, 0.29) is 5.41 Å². The maximum atomic E-state index is 5.63. The van der Waals surface area contributed by atoms with Crippen molar-refractivity contribution in [2.45, 2.75) is 18.4 Å². The van der Waals surface area contributed by atoms with E-state index in [2.05, 4.69) is 46.4 Å². The Bertz CT molecular complexity index is 439. The van der Waals surface area contributed by atoms with Gasteiger partial charge in [-0.05, 0) is 30.2 Å². The topological polar surface area (TPSA) is 30.5 Å². The normalized spacial score (nSPS) is 26.7. The van der Waals surface area contributed by atoms with Crippen molar-refractivity contribution in [3.8, 4) is 0 Å². The zero-order chi connectivity index (χ0) is 12.6. The van der Waals surface area contributed by atoms with E-state index in [9.17, 15) is 0 Å². The molecule has 1 aromatic rings. The van der Waals surface area contributed by atoms with Crippen LogP contribution in [0.2, 0.25) is 0 Å². The maximum Gasteiger partial charge on any atom is 0.0630 e. The molecule has 0 bridgehead atoms. The number of morpholine rings is 1. The Hall–Kier alpha value is -0.420. The highest BCUT2D eigenvalue weighted by molar-refractivity contribution is 9.10. The molecule has 0 spiro atoms. The summed E-state index contributed by atoms with van der Waals surface area (Å²) < 4.78 is 12.3. The Kier molecular flexibility index (Phi) is 3.45. The lowest BCUT2D eigenvalue weighted by atomic mass is 9.71. The third kappa shape index (κ3) is 2.01. The van der Waals surface area contributed by atoms with Gasteiger partial charge < -0.3 is 14.8 Å². The van der Waals surface area contributed by atoms with Crippen LogP contribution in [0.1, 0.15) is 11.1 Å². The van der Waals surface area contributed by atoms with E-state index in [0.29, 0.717) is 6.04 Å². The van der Waals surface area contributed by atoms with Crippen molar-refractivity contribution in [3.63, 3.8) is 0 Å². The average Bonchev–Trinajstić information content (AvgIpc) is 2.34. The summed E-state index contributed by atoms with van der Waals surface area (Å²) in [5, 5.41) is 3.59. The Balaban J connectivity index is 1.97. The fourth-order valence-corrected chi connectivity index (χ4v) is 3.28. The van der Waals surface area contributed by atoms with Gasteiger partial charge in [0.1, 0.15) is 0 Å². The number of benzene rings is 1. The lowest BCUT2D eigenvalue weighted by molar-refractivity contribution is -0.101. The van der Waals surface area contributed by atoms with Crippen molar-refractivity contribution in [2.24, 2.45) is 0 Å². The van der Waals surface area contributed by atoms with Gasteiger partial charge in [0, 0.05) is 17.1 Å². The minimum Gasteiger partial charge on any atom is -0.379 e. The first-order valence-electron chi connectivity index (χ1n) is 6.38. The number of hydrogen-bond donors (Lipinski definition) is 1. The van der Waals surface area contributed by atoms with Crippen molar-refractivity contribution in [2.75, 3.05) is 33.0 Å². The zero-order valence-corrected chi connectivity index (χ0v) is 12.1. The summed E-state index contributed by atoms with van der Waals surface area (Å²) in [4.78, 5) is 0. The molecule has 2 saturated heterocycles. The second kappa shape index (κ2) is 4.93. The minimum absolute atomic E-state index is 0.0777. The maximum absolute atomic E-state index is 5.63. The molecule has 0 radical (unpaired) electrons. The van der Waals surface area contributed by atoms with Gasteiger partial charge in [-0.3, -0.25) is 0 Å². The quantitative estimate of drug-likeness (QED) is 0.906. The predicted octanol–water partition coefficient (Wildman–Crippen LogP) is 2.01. The molecule has 3 rings (SSSR count). The molecule has 0 amide bonds. The van der Waals surface area contributed by atoms with E-state index >= 15 is 0 Å². The van der Waals surface area contributed by atoms with E-state index < -0.39 is 0 Å². The fraction of sp³-hybridized carbons (Fsp3) is 0.571. The fourth-order valence-electron chi connectivity index (χ4n) is 2.92. The summed E-state index contributed by atoms with van der Waals surface area (Å²) >= 11 is 3.57. The highest BCUT2D eigenvalue weighted by Crippen LogP contribution is 2.39. The van der Waals surface area contributed by atoms with E-state index in [1.165, 1.54) is 11.1 Å². The van der Waals surface area contributed by atoms with Crippen LogP contribution < -0.4 is 5.32 Å². The molecule has 3 nitrogen and oxygen atoms in total. The summed E-state index contributed by atoms with van der Waals surface area (Å²) in [5.41, 5.74) is 2.79. The van der Waals surface area contributed by atoms with Gasteiger partial charge in [-0.1, -0.05) is 22.0 Å². The number of rotatable bonds is 2. The predicted molar refractivity (Wildman–Crippen MR) is 74.0 cm³/mol. The summed E-state index contributed by atoms with van der Waals surface area (Å²) in [6.45, 7) is 6.25. The highest BCUT2D eigenvalue weighted by Gasteiger charge is 2.48. The molecule has 0 saturated carbocycles. The summed E-state index contributed by atoms with van der Waals surface area (Å²) in [7, 11) is 0. The van der Waals surface area contributed by atoms with Crippen LogP contribution in [0.4, 0.5) is 0 Å². The van der Waals surface area contributed by atoms with Crippen LogP contribution in [0.25, 0.3) is 0 Å². The molecule has 1 unspecified atom stereocenters. The third-order valence-electron chi connectivity index (χ3n) is 4.04. The van der Waals surface area contributed by atoms with Crippen molar-refractivity contribution in [3.05, 3.63) is 33.8 Å². The van der Waals surface area contributed by atoms with E-state index in [4.69, 9.17) is 9.47 Å². The van der Waals surface area contributed by atoms with Gasteiger partial charge in [-0.2, -0.15) is 0 Å². The largest absolute Gasteiger partial charge is 0.379 e. The Morgan fingerprint density at radius 2 is 2.17 bits per heavy atom. The van der Waals surface area contributed by atoms with Crippen LogP contribution in [0.3, 0.4) is 0 Å². The molecule has 1 N–H and O–H groups in total. The second-order valence-electron chi connectivity index (χ2n) is 5.19. The second-order valence-corrected chi connectivity index (χ2v) is 6.11. The molecule has 98 valence electrons. The van der Waals surface area contributed by atoms with Crippen LogP contribution in [0, 0.1) is 6.92 Å². The first-order chi connectivity index (χ1) is 8.72. The van der Waals surface area contributed by atoms with Gasteiger partial charge >= 0.3 is 0 Å². The molecule has 0 aliphatic carbocycles. The Morgan fingerprint density at radius 1 is 1.33 bits per heavy atom. The van der Waals surface area contributed by atoms with E-state index in [1.807, 2.05) is 0 Å². The molecule has 0 aromatic heterocycles. The molecule has 1 aromatic carbocycles. The minimum atomic E-state index is 0.0777. The van der Waals surface area contributed by atoms with E-state index in [1.54, 1.807) is 0 Å². The number of ether oxygens (including phenoxy) is 2. The molecular formula is C14H18BrNO2. The van der Waals surface area contributed by atoms with Gasteiger partial charge in [-0.15, -0.1) is 0 Å². The molecule has 18 heavy (non-hydrogen) atoms. The van der Waals surface area contributed by atoms with Crippen LogP contribution in [-0.4, -0.2) is 39.0 Å². The number of nitrogens with one attached hydrogen (secondary N) is 1. The molecule has 2 aliphatic heterocycles. The van der Waals surface area contributed by atoms with Gasteiger partial charge in [-0.25, -0.2) is 0 Å². The van der Waals surface area contributed by atoms with Crippen LogP contribution >= 0.6 is 15.9 Å². The van der Waals surface area contributed by atoms with Gasteiger partial charge in [0.25, 0.3) is 0 Å². The van der Waals surface area contributed by atoms with Gasteiger partial charge in [0.05, 0.1) is 31.8 Å². The molecule has 2 aliphatic rings. The molecule has 2 fully saturated rings. The lowest BCUT2D eigenvalue weighted by Gasteiger charge is -2.49. The van der Waals surface area contributed by atoms with Gasteiger partial charge in [0.2, 0.25) is 0 Å². The molecule has 1 atom stereocenters. The van der Waals surface area contributed by atoms with Crippen molar-refractivity contribution < 1.29 is 9.47 Å². The average molecular weight is 312 g/mol. The van der Waals surface area contributed by atoms with Gasteiger partial charge in [0.15, 0.2) is 0 Å². The smallest absolute Gasteiger partial charge is 0.0630 e. The molecule has 4 heteroatoms. The first kappa shape index (κ1) is 12.6. The SMILES string of the molecule is Cc1ccc(Br)cc1C1(C2COCCN2)COC1. The highest BCUT2D eigenvalue weighted by atomic mass is 79.9. The third-order valence-corrected chi connectivity index (χ3v) is 4.54. The Labute approximate surface area is 116 Å². The van der Waals surface area contributed by atoms with Crippen LogP contribution in [0.15, 0.2) is 22.7 Å². The number of hydrogen-bond acceptors (Lipinski definition) is 3. The summed E-state index contributed by atoms with van der Waals surface area (Å²) in [6, 6.07) is 6.85. The van der Waals surface area contributed by atoms with E-state index in [0.717, 1.165) is 37.4 Å². The zero-order valence-electron chi connectivity index (χ0n) is 10.5. The van der Waals surface area contributed by atoms with Crippen molar-refractivity contribution in [1.82, 2.24) is 5.32 Å². The number of halogens is 1. The van der Waals surface area contributed by atoms with Crippen molar-refractivity contribution in [1.29, 1.82) is 0 Å². The first-order valence-corrected chi connectivity index (χ1v) is 7.17. The standard InChI is InChI=1S/C14H18BrNO2/c1-10-2-3-11(15)6-12(10)14(8-18-9-14)13-7-17-5-4-16-13/h2-3,6,13,16H,4-5,7-9H2,1H3. The van der Waals surface area contributed by atoms with Crippen molar-refractivity contribution >= 4 is 15.9 Å². The molecule has 2 heterocycles. The van der Waals surface area contributed by atoms with Crippen LogP contribution in [-0.2, 0) is 14.9 Å². The Morgan fingerprint density at radius 3 is 2.78 bits per heavy atom. The summed E-state index contributed by atoms with van der Waals surface area (Å²) in [6.07, 6.45) is 0. The number of aryl methyl sites for hydroxylation is 1. The van der Waals surface area contributed by atoms with Crippen LogP contribution in [0.5, 0.6) is 0 Å². The molecular weight excluding hydrogens is 294 g/mol. The summed E-state index contributed by atoms with van der Waals surface area (Å²) in [5.74, 6) is 0.